The number of hydrogen-bond donors (Lipinski definition) is 2. The Morgan fingerprint density at radius 1 is 1.07 bits per heavy atom. The summed E-state index contributed by atoms with van der Waals surface area (Å²) in [5.41, 5.74) is 0.948. The Bertz CT molecular complexity index is 332. The molecule has 2 N–H and O–H groups in total. The zero-order valence-electron chi connectivity index (χ0n) is 8.58. The molecule has 1 aromatic rings. The molecule has 3 atom stereocenters. The molecule has 0 spiro atoms. The highest BCUT2D eigenvalue weighted by molar-refractivity contribution is 5.20. The van der Waals surface area contributed by atoms with Gasteiger partial charge in [0.2, 0.25) is 0 Å². The van der Waals surface area contributed by atoms with Crippen LogP contribution in [0, 0.1) is 5.92 Å². The van der Waals surface area contributed by atoms with Gasteiger partial charge in [0.15, 0.2) is 0 Å². The molecular formula is C13H16O2. The number of benzene rings is 1. The minimum atomic E-state index is -0.449. The molecule has 0 amide bonds. The molecule has 0 saturated heterocycles. The molecule has 0 fully saturated rings. The van der Waals surface area contributed by atoms with Crippen molar-refractivity contribution in [1.82, 2.24) is 0 Å². The summed E-state index contributed by atoms with van der Waals surface area (Å²) in [4.78, 5) is 0. The van der Waals surface area contributed by atoms with E-state index in [0.717, 1.165) is 18.4 Å². The predicted octanol–water partition coefficient (Wildman–Crippen LogP) is 2.05. The van der Waals surface area contributed by atoms with E-state index in [1.165, 1.54) is 0 Å². The number of aliphatic hydroxyl groups excluding tert-OH is 2. The quantitative estimate of drug-likeness (QED) is 0.724. The monoisotopic (exact) mass is 204 g/mol. The van der Waals surface area contributed by atoms with Crippen LogP contribution in [-0.2, 0) is 0 Å². The molecule has 0 aromatic heterocycles. The first-order valence-corrected chi connectivity index (χ1v) is 5.37. The molecule has 0 unspecified atom stereocenters. The first-order valence-electron chi connectivity index (χ1n) is 5.37. The summed E-state index contributed by atoms with van der Waals surface area (Å²) in [5.74, 6) is 0.135. The van der Waals surface area contributed by atoms with Crippen molar-refractivity contribution in [3.63, 3.8) is 0 Å². The second-order valence-corrected chi connectivity index (χ2v) is 4.05. The van der Waals surface area contributed by atoms with Crippen LogP contribution in [0.5, 0.6) is 0 Å². The van der Waals surface area contributed by atoms with Crippen molar-refractivity contribution in [3.8, 4) is 0 Å². The molecule has 80 valence electrons. The third kappa shape index (κ3) is 2.46. The van der Waals surface area contributed by atoms with E-state index in [-0.39, 0.29) is 12.0 Å². The molecule has 2 nitrogen and oxygen atoms in total. The largest absolute Gasteiger partial charge is 0.389 e. The summed E-state index contributed by atoms with van der Waals surface area (Å²) in [5, 5.41) is 19.4. The predicted molar refractivity (Wildman–Crippen MR) is 59.3 cm³/mol. The lowest BCUT2D eigenvalue weighted by Crippen LogP contribution is -2.18. The van der Waals surface area contributed by atoms with E-state index in [1.807, 2.05) is 36.4 Å². The Morgan fingerprint density at radius 3 is 2.40 bits per heavy atom. The molecule has 0 radical (unpaired) electrons. The fourth-order valence-electron chi connectivity index (χ4n) is 1.99. The molecule has 0 saturated carbocycles. The van der Waals surface area contributed by atoms with E-state index in [4.69, 9.17) is 0 Å². The maximum absolute atomic E-state index is 10.1. The molecule has 0 heterocycles. The zero-order chi connectivity index (χ0) is 10.7. The summed E-state index contributed by atoms with van der Waals surface area (Å²) in [7, 11) is 0. The van der Waals surface area contributed by atoms with Crippen molar-refractivity contribution in [2.75, 3.05) is 0 Å². The topological polar surface area (TPSA) is 40.5 Å². The summed E-state index contributed by atoms with van der Waals surface area (Å²) in [6, 6.07) is 9.67. The normalized spacial score (nSPS) is 27.6. The summed E-state index contributed by atoms with van der Waals surface area (Å²) in [6.07, 6.45) is 4.50. The van der Waals surface area contributed by atoms with E-state index in [2.05, 4.69) is 0 Å². The lowest BCUT2D eigenvalue weighted by molar-refractivity contribution is 0.106. The average Bonchev–Trinajstić information content (AvgIpc) is 2.30. The third-order valence-corrected chi connectivity index (χ3v) is 2.92. The smallest absolute Gasteiger partial charge is 0.0852 e. The minimum Gasteiger partial charge on any atom is -0.389 e. The van der Waals surface area contributed by atoms with Gasteiger partial charge in [-0.1, -0.05) is 42.5 Å². The minimum absolute atomic E-state index is 0.135. The van der Waals surface area contributed by atoms with Gasteiger partial charge in [-0.15, -0.1) is 0 Å². The fraction of sp³-hybridized carbons (Fsp3) is 0.385. The Morgan fingerprint density at radius 2 is 1.80 bits per heavy atom. The van der Waals surface area contributed by atoms with Crippen LogP contribution in [0.1, 0.15) is 24.5 Å². The molecule has 1 aromatic carbocycles. The Labute approximate surface area is 89.9 Å². The SMILES string of the molecule is O[C@@H]1C=C[C@H]([C@@H](O)c2ccccc2)CC1. The maximum Gasteiger partial charge on any atom is 0.0852 e. The molecule has 1 aliphatic carbocycles. The Hall–Kier alpha value is -1.12. The van der Waals surface area contributed by atoms with E-state index in [0.29, 0.717) is 0 Å². The van der Waals surface area contributed by atoms with E-state index >= 15 is 0 Å². The Balaban J connectivity index is 2.09. The van der Waals surface area contributed by atoms with Gasteiger partial charge in [0.05, 0.1) is 12.2 Å². The van der Waals surface area contributed by atoms with Gasteiger partial charge in [-0.25, -0.2) is 0 Å². The number of rotatable bonds is 2. The summed E-state index contributed by atoms with van der Waals surface area (Å²) >= 11 is 0. The van der Waals surface area contributed by atoms with Crippen LogP contribution in [0.3, 0.4) is 0 Å². The lowest BCUT2D eigenvalue weighted by atomic mass is 9.86. The molecule has 15 heavy (non-hydrogen) atoms. The number of hydrogen-bond acceptors (Lipinski definition) is 2. The second kappa shape index (κ2) is 4.60. The second-order valence-electron chi connectivity index (χ2n) is 4.05. The lowest BCUT2D eigenvalue weighted by Gasteiger charge is -2.24. The van der Waals surface area contributed by atoms with Gasteiger partial charge in [0, 0.05) is 5.92 Å². The van der Waals surface area contributed by atoms with Crippen molar-refractivity contribution < 1.29 is 10.2 Å². The van der Waals surface area contributed by atoms with Crippen molar-refractivity contribution in [3.05, 3.63) is 48.0 Å². The van der Waals surface area contributed by atoms with Gasteiger partial charge in [-0.2, -0.15) is 0 Å². The van der Waals surface area contributed by atoms with Crippen molar-refractivity contribution in [2.45, 2.75) is 25.0 Å². The van der Waals surface area contributed by atoms with Crippen LogP contribution in [-0.4, -0.2) is 16.3 Å². The fourth-order valence-corrected chi connectivity index (χ4v) is 1.99. The summed E-state index contributed by atoms with van der Waals surface area (Å²) in [6.45, 7) is 0. The summed E-state index contributed by atoms with van der Waals surface area (Å²) < 4.78 is 0. The van der Waals surface area contributed by atoms with E-state index < -0.39 is 6.10 Å². The van der Waals surface area contributed by atoms with Crippen molar-refractivity contribution in [2.24, 2.45) is 5.92 Å². The van der Waals surface area contributed by atoms with Crippen LogP contribution in [0.4, 0.5) is 0 Å². The van der Waals surface area contributed by atoms with Crippen LogP contribution in [0.15, 0.2) is 42.5 Å². The highest BCUT2D eigenvalue weighted by atomic mass is 16.3. The van der Waals surface area contributed by atoms with Crippen LogP contribution in [0.2, 0.25) is 0 Å². The molecule has 0 bridgehead atoms. The van der Waals surface area contributed by atoms with Gasteiger partial charge in [-0.3, -0.25) is 0 Å². The van der Waals surface area contributed by atoms with Gasteiger partial charge in [-0.05, 0) is 18.4 Å². The van der Waals surface area contributed by atoms with Gasteiger partial charge in [0.25, 0.3) is 0 Å². The van der Waals surface area contributed by atoms with Gasteiger partial charge in [0.1, 0.15) is 0 Å². The highest BCUT2D eigenvalue weighted by Crippen LogP contribution is 2.30. The van der Waals surface area contributed by atoms with E-state index in [9.17, 15) is 10.2 Å². The first kappa shape index (κ1) is 10.4. The molecule has 0 aliphatic heterocycles. The third-order valence-electron chi connectivity index (χ3n) is 2.92. The van der Waals surface area contributed by atoms with Crippen LogP contribution >= 0.6 is 0 Å². The number of aliphatic hydroxyl groups is 2. The molecular weight excluding hydrogens is 188 g/mol. The maximum atomic E-state index is 10.1. The highest BCUT2D eigenvalue weighted by Gasteiger charge is 2.21. The first-order chi connectivity index (χ1) is 7.27. The van der Waals surface area contributed by atoms with Gasteiger partial charge < -0.3 is 10.2 Å². The molecule has 2 rings (SSSR count). The van der Waals surface area contributed by atoms with Gasteiger partial charge >= 0.3 is 0 Å². The Kier molecular flexibility index (Phi) is 3.19. The average molecular weight is 204 g/mol. The standard InChI is InChI=1S/C13H16O2/c14-12-8-6-11(7-9-12)13(15)10-4-2-1-3-5-10/h1-6,8,11-15H,7,9H2/t11-,12+,13-/m0/s1. The van der Waals surface area contributed by atoms with Crippen molar-refractivity contribution >= 4 is 0 Å². The molecule has 2 heteroatoms. The molecule has 1 aliphatic rings. The van der Waals surface area contributed by atoms with E-state index in [1.54, 1.807) is 6.08 Å². The van der Waals surface area contributed by atoms with Crippen molar-refractivity contribution in [1.29, 1.82) is 0 Å². The van der Waals surface area contributed by atoms with Crippen LogP contribution in [0.25, 0.3) is 0 Å². The van der Waals surface area contributed by atoms with Crippen LogP contribution < -0.4 is 0 Å². The zero-order valence-corrected chi connectivity index (χ0v) is 8.58.